The third-order valence-corrected chi connectivity index (χ3v) is 5.06. The average molecular weight is 367 g/mol. The molecule has 0 atom stereocenters. The quantitative estimate of drug-likeness (QED) is 0.675. The van der Waals surface area contributed by atoms with Crippen LogP contribution in [0.4, 0.5) is 15.2 Å². The summed E-state index contributed by atoms with van der Waals surface area (Å²) >= 11 is 1.47. The number of hydrogen-bond acceptors (Lipinski definition) is 4. The van der Waals surface area contributed by atoms with E-state index in [9.17, 15) is 9.18 Å². The van der Waals surface area contributed by atoms with Crippen LogP contribution in [0.5, 0.6) is 0 Å². The number of aromatic nitrogens is 1. The fourth-order valence-corrected chi connectivity index (χ4v) is 3.33. The lowest BCUT2D eigenvalue weighted by Crippen LogP contribution is -2.25. The molecule has 0 aliphatic heterocycles. The second-order valence-corrected chi connectivity index (χ2v) is 7.31. The molecule has 1 fully saturated rings. The van der Waals surface area contributed by atoms with Crippen molar-refractivity contribution in [2.75, 3.05) is 5.32 Å². The predicted molar refractivity (Wildman–Crippen MR) is 102 cm³/mol. The molecule has 26 heavy (non-hydrogen) atoms. The Hall–Kier alpha value is -2.73. The Bertz CT molecular complexity index is 948. The van der Waals surface area contributed by atoms with Crippen LogP contribution >= 0.6 is 11.3 Å². The Kier molecular flexibility index (Phi) is 4.42. The molecule has 2 N–H and O–H groups in total. The lowest BCUT2D eigenvalue weighted by atomic mass is 10.1. The van der Waals surface area contributed by atoms with Gasteiger partial charge in [0.25, 0.3) is 5.91 Å². The van der Waals surface area contributed by atoms with Gasteiger partial charge in [0.05, 0.1) is 5.69 Å². The molecule has 0 spiro atoms. The van der Waals surface area contributed by atoms with Crippen molar-refractivity contribution in [3.63, 3.8) is 0 Å². The molecule has 1 aliphatic rings. The molecule has 1 saturated carbocycles. The number of rotatable bonds is 5. The highest BCUT2D eigenvalue weighted by Gasteiger charge is 2.24. The summed E-state index contributed by atoms with van der Waals surface area (Å²) in [6.45, 7) is 1.99. The first-order valence-electron chi connectivity index (χ1n) is 8.48. The van der Waals surface area contributed by atoms with Gasteiger partial charge in [0.2, 0.25) is 0 Å². The number of aryl methyl sites for hydroxylation is 1. The molecule has 1 amide bonds. The minimum absolute atomic E-state index is 0.0401. The largest absolute Gasteiger partial charge is 0.349 e. The third-order valence-electron chi connectivity index (χ3n) is 4.30. The SMILES string of the molecule is Cc1ccc(C(=O)NC2CC2)cc1Nc1nc(-c2ccc(F)cc2)cs1. The van der Waals surface area contributed by atoms with Crippen LogP contribution in [0.25, 0.3) is 11.3 Å². The van der Waals surface area contributed by atoms with Crippen molar-refractivity contribution in [2.24, 2.45) is 0 Å². The van der Waals surface area contributed by atoms with Gasteiger partial charge in [-0.2, -0.15) is 0 Å². The summed E-state index contributed by atoms with van der Waals surface area (Å²) in [4.78, 5) is 16.8. The van der Waals surface area contributed by atoms with Gasteiger partial charge in [0.1, 0.15) is 5.82 Å². The number of nitrogens with one attached hydrogen (secondary N) is 2. The molecule has 0 unspecified atom stereocenters. The molecule has 1 heterocycles. The Labute approximate surface area is 155 Å². The van der Waals surface area contributed by atoms with Crippen LogP contribution in [0.3, 0.4) is 0 Å². The Balaban J connectivity index is 1.53. The summed E-state index contributed by atoms with van der Waals surface area (Å²) in [7, 11) is 0. The van der Waals surface area contributed by atoms with E-state index in [1.807, 2.05) is 30.5 Å². The van der Waals surface area contributed by atoms with Gasteiger partial charge in [-0.25, -0.2) is 9.37 Å². The van der Waals surface area contributed by atoms with Crippen LogP contribution in [0.15, 0.2) is 47.8 Å². The van der Waals surface area contributed by atoms with Crippen LogP contribution in [0.1, 0.15) is 28.8 Å². The minimum atomic E-state index is -0.265. The second-order valence-electron chi connectivity index (χ2n) is 6.45. The van der Waals surface area contributed by atoms with E-state index >= 15 is 0 Å². The number of anilines is 2. The molecule has 4 rings (SSSR count). The van der Waals surface area contributed by atoms with E-state index in [0.29, 0.717) is 11.6 Å². The maximum Gasteiger partial charge on any atom is 0.251 e. The van der Waals surface area contributed by atoms with Gasteiger partial charge in [-0.3, -0.25) is 4.79 Å². The first-order chi connectivity index (χ1) is 12.6. The molecule has 2 aromatic carbocycles. The normalized spacial score (nSPS) is 13.5. The van der Waals surface area contributed by atoms with E-state index in [1.54, 1.807) is 12.1 Å². The van der Waals surface area contributed by atoms with E-state index in [2.05, 4.69) is 15.6 Å². The zero-order chi connectivity index (χ0) is 18.1. The molecule has 4 nitrogen and oxygen atoms in total. The number of amides is 1. The molecule has 3 aromatic rings. The first kappa shape index (κ1) is 16.7. The fourth-order valence-electron chi connectivity index (χ4n) is 2.59. The van der Waals surface area contributed by atoms with E-state index in [-0.39, 0.29) is 11.7 Å². The van der Waals surface area contributed by atoms with E-state index in [1.165, 1.54) is 23.5 Å². The number of carbonyl (C=O) groups is 1. The van der Waals surface area contributed by atoms with Crippen molar-refractivity contribution in [1.82, 2.24) is 10.3 Å². The standard InChI is InChI=1S/C20H18FN3OS/c1-12-2-3-14(19(25)22-16-8-9-16)10-17(12)23-20-24-18(11-26-20)13-4-6-15(21)7-5-13/h2-7,10-11,16H,8-9H2,1H3,(H,22,25)(H,23,24). The molecule has 0 saturated heterocycles. The summed E-state index contributed by atoms with van der Waals surface area (Å²) in [6.07, 6.45) is 2.13. The van der Waals surface area contributed by atoms with Gasteiger partial charge in [0, 0.05) is 28.2 Å². The van der Waals surface area contributed by atoms with Crippen molar-refractivity contribution < 1.29 is 9.18 Å². The molecule has 1 aliphatic carbocycles. The van der Waals surface area contributed by atoms with Crippen molar-refractivity contribution >= 4 is 28.1 Å². The van der Waals surface area contributed by atoms with Crippen LogP contribution in [0.2, 0.25) is 0 Å². The van der Waals surface area contributed by atoms with Gasteiger partial charge in [-0.1, -0.05) is 6.07 Å². The Morgan fingerprint density at radius 3 is 2.69 bits per heavy atom. The van der Waals surface area contributed by atoms with Crippen molar-refractivity contribution in [1.29, 1.82) is 0 Å². The van der Waals surface area contributed by atoms with Gasteiger partial charge >= 0.3 is 0 Å². The average Bonchev–Trinajstić information content (AvgIpc) is 3.33. The van der Waals surface area contributed by atoms with Gasteiger partial charge in [0.15, 0.2) is 5.13 Å². The third kappa shape index (κ3) is 3.75. The van der Waals surface area contributed by atoms with Gasteiger partial charge in [-0.15, -0.1) is 11.3 Å². The first-order valence-corrected chi connectivity index (χ1v) is 9.36. The highest BCUT2D eigenvalue weighted by molar-refractivity contribution is 7.14. The second kappa shape index (κ2) is 6.88. The summed E-state index contributed by atoms with van der Waals surface area (Å²) in [5.74, 6) is -0.305. The predicted octanol–water partition coefficient (Wildman–Crippen LogP) is 4.89. The van der Waals surface area contributed by atoms with Crippen molar-refractivity contribution in [2.45, 2.75) is 25.8 Å². The molecule has 132 valence electrons. The van der Waals surface area contributed by atoms with E-state index in [0.717, 1.165) is 40.5 Å². The highest BCUT2D eigenvalue weighted by atomic mass is 32.1. The topological polar surface area (TPSA) is 54.0 Å². The number of halogens is 1. The Morgan fingerprint density at radius 1 is 1.19 bits per heavy atom. The van der Waals surface area contributed by atoms with Crippen LogP contribution in [-0.2, 0) is 0 Å². The zero-order valence-corrected chi connectivity index (χ0v) is 15.1. The summed E-state index contributed by atoms with van der Waals surface area (Å²) in [5, 5.41) is 8.95. The summed E-state index contributed by atoms with van der Waals surface area (Å²) < 4.78 is 13.1. The van der Waals surface area contributed by atoms with Gasteiger partial charge in [-0.05, 0) is 61.7 Å². The fraction of sp³-hybridized carbons (Fsp3) is 0.200. The smallest absolute Gasteiger partial charge is 0.251 e. The number of nitrogens with zero attached hydrogens (tertiary/aromatic N) is 1. The van der Waals surface area contributed by atoms with Crippen molar-refractivity contribution in [3.05, 3.63) is 64.8 Å². The van der Waals surface area contributed by atoms with E-state index in [4.69, 9.17) is 0 Å². The molecule has 0 bridgehead atoms. The highest BCUT2D eigenvalue weighted by Crippen LogP contribution is 2.29. The summed E-state index contributed by atoms with van der Waals surface area (Å²) in [6, 6.07) is 12.2. The maximum atomic E-state index is 13.1. The summed E-state index contributed by atoms with van der Waals surface area (Å²) in [5.41, 5.74) is 4.18. The zero-order valence-electron chi connectivity index (χ0n) is 14.3. The molecular formula is C20H18FN3OS. The van der Waals surface area contributed by atoms with Crippen LogP contribution in [-0.4, -0.2) is 16.9 Å². The van der Waals surface area contributed by atoms with E-state index < -0.39 is 0 Å². The lowest BCUT2D eigenvalue weighted by molar-refractivity contribution is 0.0951. The van der Waals surface area contributed by atoms with Crippen LogP contribution < -0.4 is 10.6 Å². The maximum absolute atomic E-state index is 13.1. The molecule has 1 aromatic heterocycles. The minimum Gasteiger partial charge on any atom is -0.349 e. The number of hydrogen-bond donors (Lipinski definition) is 2. The monoisotopic (exact) mass is 367 g/mol. The van der Waals surface area contributed by atoms with Crippen LogP contribution in [0, 0.1) is 12.7 Å². The van der Waals surface area contributed by atoms with Gasteiger partial charge < -0.3 is 10.6 Å². The molecule has 0 radical (unpaired) electrons. The number of carbonyl (C=O) groups excluding carboxylic acids is 1. The number of thiazole rings is 1. The molecule has 6 heteroatoms. The molecular weight excluding hydrogens is 349 g/mol. The Morgan fingerprint density at radius 2 is 1.96 bits per heavy atom. The number of benzene rings is 2. The lowest BCUT2D eigenvalue weighted by Gasteiger charge is -2.10. The van der Waals surface area contributed by atoms with Crippen molar-refractivity contribution in [3.8, 4) is 11.3 Å².